The third-order valence-corrected chi connectivity index (χ3v) is 3.60. The summed E-state index contributed by atoms with van der Waals surface area (Å²) < 4.78 is 1.71. The van der Waals surface area contributed by atoms with E-state index in [1.165, 1.54) is 0 Å². The first-order valence-electron chi connectivity index (χ1n) is 2.10. The lowest BCUT2D eigenvalue weighted by Crippen LogP contribution is -1.68. The van der Waals surface area contributed by atoms with Gasteiger partial charge in [0.05, 0.1) is 10.8 Å². The number of thiazole rings is 1. The summed E-state index contributed by atoms with van der Waals surface area (Å²) in [6, 6.07) is 0. The number of nitrogens with zero attached hydrogens (tertiary/aromatic N) is 1. The molecule has 0 unspecified atom stereocenters. The number of alkyl halides is 1. The molecule has 9 heavy (non-hydrogen) atoms. The van der Waals surface area contributed by atoms with Crippen molar-refractivity contribution in [1.82, 2.24) is 4.98 Å². The summed E-state index contributed by atoms with van der Waals surface area (Å²) in [5.74, 6) is 0.518. The average Bonchev–Trinajstić information content (AvgIpc) is 2.10. The van der Waals surface area contributed by atoms with Crippen molar-refractivity contribution < 1.29 is 0 Å². The van der Waals surface area contributed by atoms with Crippen LogP contribution in [0.1, 0.15) is 4.88 Å². The Balaban J connectivity index is 3.01. The summed E-state index contributed by atoms with van der Waals surface area (Å²) in [5.41, 5.74) is 0. The van der Waals surface area contributed by atoms with Crippen LogP contribution in [0.3, 0.4) is 0 Å². The molecule has 5 heteroatoms. The average molecular weight is 291 g/mol. The highest BCUT2D eigenvalue weighted by atomic mass is 79.9. The third kappa shape index (κ3) is 1.90. The summed E-state index contributed by atoms with van der Waals surface area (Å²) >= 11 is 13.6. The van der Waals surface area contributed by atoms with Crippen molar-refractivity contribution in [2.75, 3.05) is 0 Å². The summed E-state index contributed by atoms with van der Waals surface area (Å²) in [4.78, 5) is 5.11. The quantitative estimate of drug-likeness (QED) is 0.723. The zero-order valence-corrected chi connectivity index (χ0v) is 8.94. The molecule has 0 saturated carbocycles. The monoisotopic (exact) mass is 289 g/mol. The van der Waals surface area contributed by atoms with Crippen molar-refractivity contribution in [2.24, 2.45) is 0 Å². The van der Waals surface area contributed by atoms with Gasteiger partial charge in [-0.2, -0.15) is 0 Å². The summed E-state index contributed by atoms with van der Waals surface area (Å²) in [7, 11) is 0. The highest BCUT2D eigenvalue weighted by molar-refractivity contribution is 9.11. The lowest BCUT2D eigenvalue weighted by atomic mass is 10.6. The second kappa shape index (κ2) is 3.32. The predicted molar refractivity (Wildman–Crippen MR) is 47.1 cm³/mol. The molecule has 0 atom stereocenters. The van der Waals surface area contributed by atoms with Gasteiger partial charge in [-0.05, 0) is 31.9 Å². The van der Waals surface area contributed by atoms with E-state index in [1.54, 1.807) is 11.3 Å². The summed E-state index contributed by atoms with van der Waals surface area (Å²) in [6.45, 7) is 0. The Hall–Kier alpha value is 0.880. The molecule has 0 saturated heterocycles. The molecular weight excluding hydrogens is 289 g/mol. The molecule has 0 radical (unpaired) electrons. The van der Waals surface area contributed by atoms with E-state index in [0.717, 1.165) is 13.4 Å². The molecule has 0 aliphatic carbocycles. The minimum Gasteiger partial charge on any atom is -0.222 e. The SMILES string of the molecule is ClCc1sc(Br)nc1Br. The van der Waals surface area contributed by atoms with Gasteiger partial charge in [0, 0.05) is 0 Å². The Labute approximate surface area is 78.7 Å². The van der Waals surface area contributed by atoms with Gasteiger partial charge in [0.25, 0.3) is 0 Å². The third-order valence-electron chi connectivity index (χ3n) is 0.745. The van der Waals surface area contributed by atoms with E-state index in [0.29, 0.717) is 5.88 Å². The van der Waals surface area contributed by atoms with Crippen LogP contribution in [-0.2, 0) is 5.88 Å². The Bertz CT molecular complexity index is 212. The van der Waals surface area contributed by atoms with Crippen LogP contribution in [0.15, 0.2) is 8.52 Å². The van der Waals surface area contributed by atoms with Gasteiger partial charge >= 0.3 is 0 Å². The van der Waals surface area contributed by atoms with Gasteiger partial charge in [0.2, 0.25) is 0 Å². The van der Waals surface area contributed by atoms with Gasteiger partial charge in [-0.1, -0.05) is 0 Å². The topological polar surface area (TPSA) is 12.9 Å². The first-order valence-corrected chi connectivity index (χ1v) is 5.04. The Morgan fingerprint density at radius 1 is 1.56 bits per heavy atom. The van der Waals surface area contributed by atoms with Crippen LogP contribution >= 0.6 is 54.8 Å². The Morgan fingerprint density at radius 2 is 2.22 bits per heavy atom. The van der Waals surface area contributed by atoms with Crippen LogP contribution in [0.25, 0.3) is 0 Å². The molecule has 1 heterocycles. The van der Waals surface area contributed by atoms with Crippen molar-refractivity contribution in [3.8, 4) is 0 Å². The maximum Gasteiger partial charge on any atom is 0.160 e. The molecule has 0 N–H and O–H groups in total. The second-order valence-electron chi connectivity index (χ2n) is 1.31. The Kier molecular flexibility index (Phi) is 2.95. The predicted octanol–water partition coefficient (Wildman–Crippen LogP) is 3.41. The maximum absolute atomic E-state index is 5.57. The van der Waals surface area contributed by atoms with Crippen molar-refractivity contribution in [3.05, 3.63) is 13.4 Å². The van der Waals surface area contributed by atoms with E-state index < -0.39 is 0 Å². The molecule has 0 aliphatic heterocycles. The molecular formula is C4H2Br2ClNS. The van der Waals surface area contributed by atoms with E-state index in [1.807, 2.05) is 0 Å². The fourth-order valence-electron chi connectivity index (χ4n) is 0.389. The molecule has 1 aromatic rings. The van der Waals surface area contributed by atoms with Gasteiger partial charge in [-0.15, -0.1) is 22.9 Å². The number of hydrogen-bond acceptors (Lipinski definition) is 2. The zero-order valence-electron chi connectivity index (χ0n) is 4.20. The van der Waals surface area contributed by atoms with Gasteiger partial charge < -0.3 is 0 Å². The molecule has 1 rings (SSSR count). The number of aromatic nitrogens is 1. The fraction of sp³-hybridized carbons (Fsp3) is 0.250. The molecule has 0 aliphatic rings. The molecule has 1 aromatic heterocycles. The summed E-state index contributed by atoms with van der Waals surface area (Å²) in [6.07, 6.45) is 0. The number of rotatable bonds is 1. The highest BCUT2D eigenvalue weighted by Gasteiger charge is 2.03. The van der Waals surface area contributed by atoms with Crippen molar-refractivity contribution >= 4 is 54.8 Å². The largest absolute Gasteiger partial charge is 0.222 e. The van der Waals surface area contributed by atoms with Crippen LogP contribution < -0.4 is 0 Å². The highest BCUT2D eigenvalue weighted by Crippen LogP contribution is 2.28. The molecule has 0 fully saturated rings. The van der Waals surface area contributed by atoms with Crippen LogP contribution in [-0.4, -0.2) is 4.98 Å². The minimum absolute atomic E-state index is 0.518. The van der Waals surface area contributed by atoms with Crippen LogP contribution in [0.2, 0.25) is 0 Å². The molecule has 0 spiro atoms. The molecule has 0 amide bonds. The molecule has 1 nitrogen and oxygen atoms in total. The molecule has 0 bridgehead atoms. The van der Waals surface area contributed by atoms with E-state index in [-0.39, 0.29) is 0 Å². The van der Waals surface area contributed by atoms with Crippen molar-refractivity contribution in [2.45, 2.75) is 5.88 Å². The fourth-order valence-corrected chi connectivity index (χ4v) is 3.04. The van der Waals surface area contributed by atoms with Crippen LogP contribution in [0, 0.1) is 0 Å². The van der Waals surface area contributed by atoms with Crippen LogP contribution in [0.4, 0.5) is 0 Å². The first kappa shape index (κ1) is 7.98. The molecule has 0 aromatic carbocycles. The number of halogens is 3. The summed E-state index contributed by atoms with van der Waals surface area (Å²) in [5, 5.41) is 0. The Morgan fingerprint density at radius 3 is 2.44 bits per heavy atom. The zero-order chi connectivity index (χ0) is 6.85. The van der Waals surface area contributed by atoms with Gasteiger partial charge in [-0.25, -0.2) is 4.98 Å². The van der Waals surface area contributed by atoms with E-state index in [9.17, 15) is 0 Å². The molecule has 50 valence electrons. The van der Waals surface area contributed by atoms with E-state index in [2.05, 4.69) is 36.8 Å². The van der Waals surface area contributed by atoms with Crippen molar-refractivity contribution in [3.63, 3.8) is 0 Å². The van der Waals surface area contributed by atoms with E-state index >= 15 is 0 Å². The minimum atomic E-state index is 0.518. The second-order valence-corrected chi connectivity index (χ2v) is 4.69. The van der Waals surface area contributed by atoms with Gasteiger partial charge in [-0.3, -0.25) is 0 Å². The lowest BCUT2D eigenvalue weighted by Gasteiger charge is -1.81. The van der Waals surface area contributed by atoms with Gasteiger partial charge in [0.1, 0.15) is 4.60 Å². The first-order chi connectivity index (χ1) is 4.24. The normalized spacial score (nSPS) is 10.1. The van der Waals surface area contributed by atoms with Gasteiger partial charge in [0.15, 0.2) is 3.92 Å². The van der Waals surface area contributed by atoms with E-state index in [4.69, 9.17) is 11.6 Å². The van der Waals surface area contributed by atoms with Crippen molar-refractivity contribution in [1.29, 1.82) is 0 Å². The standard InChI is InChI=1S/C4H2Br2ClNS/c5-3-2(1-7)9-4(6)8-3/h1H2. The smallest absolute Gasteiger partial charge is 0.160 e. The lowest BCUT2D eigenvalue weighted by molar-refractivity contribution is 1.28. The van der Waals surface area contributed by atoms with Crippen LogP contribution in [0.5, 0.6) is 0 Å². The number of hydrogen-bond donors (Lipinski definition) is 0. The maximum atomic E-state index is 5.57.